The van der Waals surface area contributed by atoms with Gasteiger partial charge in [-0.25, -0.2) is 14.8 Å². The number of aromatic nitrogens is 2. The normalized spacial score (nSPS) is 20.9. The second kappa shape index (κ2) is 10.3. The first-order valence-electron chi connectivity index (χ1n) is 12.4. The van der Waals surface area contributed by atoms with Crippen LogP contribution in [0, 0.1) is 5.92 Å². The molecule has 3 rings (SSSR count). The molecule has 11 heteroatoms. The summed E-state index contributed by atoms with van der Waals surface area (Å²) in [5, 5.41) is 5.51. The number of nitrogens with one attached hydrogen (secondary N) is 2. The third-order valence-corrected chi connectivity index (χ3v) is 6.77. The summed E-state index contributed by atoms with van der Waals surface area (Å²) in [6.07, 6.45) is 4.77. The van der Waals surface area contributed by atoms with E-state index in [0.717, 1.165) is 31.4 Å². The topological polar surface area (TPSA) is 115 Å². The van der Waals surface area contributed by atoms with E-state index >= 15 is 0 Å². The van der Waals surface area contributed by atoms with Crippen molar-refractivity contribution in [2.45, 2.75) is 91.1 Å². The maximum Gasteiger partial charge on any atom is 0.498 e. The Balaban J connectivity index is 1.42. The summed E-state index contributed by atoms with van der Waals surface area (Å²) in [7, 11) is -0.476. The number of rotatable bonds is 6. The van der Waals surface area contributed by atoms with Crippen LogP contribution in [0.3, 0.4) is 0 Å². The highest BCUT2D eigenvalue weighted by atomic mass is 16.7. The Morgan fingerprint density at radius 2 is 1.69 bits per heavy atom. The van der Waals surface area contributed by atoms with Crippen LogP contribution in [0.4, 0.5) is 10.7 Å². The maximum atomic E-state index is 12.4. The number of carbonyl (C=O) groups excluding carboxylic acids is 2. The Bertz CT molecular complexity index is 879. The van der Waals surface area contributed by atoms with Gasteiger partial charge in [0.05, 0.1) is 11.2 Å². The van der Waals surface area contributed by atoms with Crippen LogP contribution < -0.4 is 21.0 Å². The molecule has 0 aliphatic carbocycles. The molecule has 0 spiro atoms. The molecule has 2 amide bonds. The molecule has 2 aliphatic heterocycles. The molecule has 2 saturated heterocycles. The van der Waals surface area contributed by atoms with Crippen LogP contribution in [0.15, 0.2) is 12.4 Å². The van der Waals surface area contributed by atoms with Gasteiger partial charge in [-0.05, 0) is 74.1 Å². The van der Waals surface area contributed by atoms with Crippen LogP contribution in [-0.4, -0.2) is 71.6 Å². The molecule has 2 N–H and O–H groups in total. The number of hydrogen-bond acceptors (Lipinski definition) is 8. The zero-order valence-electron chi connectivity index (χ0n) is 22.3. The van der Waals surface area contributed by atoms with Crippen molar-refractivity contribution in [2.75, 3.05) is 24.5 Å². The number of hydrogen-bond donors (Lipinski definition) is 2. The first kappa shape index (κ1) is 27.2. The van der Waals surface area contributed by atoms with Gasteiger partial charge in [-0.15, -0.1) is 0 Å². The minimum atomic E-state index is -0.666. The summed E-state index contributed by atoms with van der Waals surface area (Å²) in [5.74, 6) is 0.816. The molecule has 0 bridgehead atoms. The highest BCUT2D eigenvalue weighted by Gasteiger charge is 2.52. The van der Waals surface area contributed by atoms with Gasteiger partial charge < -0.3 is 29.6 Å². The number of alkyl carbamates (subject to hydrolysis) is 1. The van der Waals surface area contributed by atoms with Crippen LogP contribution in [-0.2, 0) is 18.8 Å². The minimum absolute atomic E-state index is 0.222. The standard InChI is InChI=1S/C24H40BN5O5/c1-16(29-21(32)33-22(2,3)4)19(31)26-13-17-9-11-30(12-10-17)20-27-14-18(15-28-20)25-34-23(5,6)24(7,8)35-25/h14-17H,9-13H2,1-8H3,(H,26,31)(H,29,32). The molecule has 1 aromatic heterocycles. The van der Waals surface area contributed by atoms with E-state index < -0.39 is 36.1 Å². The number of ether oxygens (including phenoxy) is 1. The molecule has 1 unspecified atom stereocenters. The first-order chi connectivity index (χ1) is 16.2. The van der Waals surface area contributed by atoms with Gasteiger partial charge >= 0.3 is 13.2 Å². The van der Waals surface area contributed by atoms with E-state index in [2.05, 4.69) is 25.5 Å². The van der Waals surface area contributed by atoms with E-state index in [0.29, 0.717) is 18.4 Å². The van der Waals surface area contributed by atoms with Gasteiger partial charge in [0, 0.05) is 37.5 Å². The third-order valence-electron chi connectivity index (χ3n) is 6.77. The molecule has 194 valence electrons. The molecule has 35 heavy (non-hydrogen) atoms. The molecule has 10 nitrogen and oxygen atoms in total. The van der Waals surface area contributed by atoms with Crippen molar-refractivity contribution in [3.63, 3.8) is 0 Å². The summed E-state index contributed by atoms with van der Waals surface area (Å²) in [6, 6.07) is -0.666. The van der Waals surface area contributed by atoms with Crippen molar-refractivity contribution in [3.05, 3.63) is 12.4 Å². The van der Waals surface area contributed by atoms with Gasteiger partial charge in [-0.2, -0.15) is 0 Å². The Morgan fingerprint density at radius 1 is 1.14 bits per heavy atom. The van der Waals surface area contributed by atoms with Crippen molar-refractivity contribution in [3.8, 4) is 0 Å². The lowest BCUT2D eigenvalue weighted by atomic mass is 9.81. The lowest BCUT2D eigenvalue weighted by Gasteiger charge is -2.32. The SMILES string of the molecule is CC(NC(=O)OC(C)(C)C)C(=O)NCC1CCN(c2ncc(B3OC(C)(C)C(C)(C)O3)cn2)CC1. The van der Waals surface area contributed by atoms with E-state index in [4.69, 9.17) is 14.0 Å². The van der Waals surface area contributed by atoms with Gasteiger partial charge in [0.1, 0.15) is 11.6 Å². The zero-order chi connectivity index (χ0) is 26.0. The van der Waals surface area contributed by atoms with Crippen LogP contribution >= 0.6 is 0 Å². The summed E-state index contributed by atoms with van der Waals surface area (Å²) >= 11 is 0. The van der Waals surface area contributed by atoms with E-state index in [9.17, 15) is 9.59 Å². The summed E-state index contributed by atoms with van der Waals surface area (Å²) in [6.45, 7) is 17.2. The maximum absolute atomic E-state index is 12.4. The van der Waals surface area contributed by atoms with Gasteiger partial charge in [0.15, 0.2) is 0 Å². The lowest BCUT2D eigenvalue weighted by Crippen LogP contribution is -2.48. The first-order valence-corrected chi connectivity index (χ1v) is 12.4. The molecular weight excluding hydrogens is 449 g/mol. The van der Waals surface area contributed by atoms with Gasteiger partial charge in [0.25, 0.3) is 0 Å². The van der Waals surface area contributed by atoms with Crippen LogP contribution in [0.5, 0.6) is 0 Å². The zero-order valence-corrected chi connectivity index (χ0v) is 22.3. The smallest absolute Gasteiger partial charge is 0.444 e. The van der Waals surface area contributed by atoms with E-state index in [1.54, 1.807) is 40.1 Å². The predicted molar refractivity (Wildman–Crippen MR) is 135 cm³/mol. The fourth-order valence-electron chi connectivity index (χ4n) is 3.88. The van der Waals surface area contributed by atoms with Gasteiger partial charge in [0.2, 0.25) is 11.9 Å². The highest BCUT2D eigenvalue weighted by molar-refractivity contribution is 6.61. The monoisotopic (exact) mass is 489 g/mol. The lowest BCUT2D eigenvalue weighted by molar-refractivity contribution is -0.123. The van der Waals surface area contributed by atoms with Crippen molar-refractivity contribution in [1.82, 2.24) is 20.6 Å². The number of anilines is 1. The van der Waals surface area contributed by atoms with Gasteiger partial charge in [-0.1, -0.05) is 0 Å². The number of nitrogens with zero attached hydrogens (tertiary/aromatic N) is 3. The molecule has 0 radical (unpaired) electrons. The molecule has 0 saturated carbocycles. The van der Waals surface area contributed by atoms with Crippen molar-refractivity contribution in [2.24, 2.45) is 5.92 Å². The summed E-state index contributed by atoms with van der Waals surface area (Å²) < 4.78 is 17.3. The minimum Gasteiger partial charge on any atom is -0.444 e. The van der Waals surface area contributed by atoms with E-state index in [-0.39, 0.29) is 5.91 Å². The van der Waals surface area contributed by atoms with E-state index in [1.165, 1.54) is 0 Å². The van der Waals surface area contributed by atoms with Crippen molar-refractivity contribution in [1.29, 1.82) is 0 Å². The molecule has 3 heterocycles. The molecule has 1 aromatic rings. The fourth-order valence-corrected chi connectivity index (χ4v) is 3.88. The largest absolute Gasteiger partial charge is 0.498 e. The average Bonchev–Trinajstić information content (AvgIpc) is 2.98. The molecular formula is C24H40BN5O5. The Hall–Kier alpha value is -2.40. The quantitative estimate of drug-likeness (QED) is 0.584. The van der Waals surface area contributed by atoms with Crippen molar-refractivity contribution >= 4 is 30.5 Å². The number of amides is 2. The summed E-state index contributed by atoms with van der Waals surface area (Å²) in [4.78, 5) is 35.5. The second-order valence-corrected chi connectivity index (χ2v) is 11.4. The molecule has 2 aliphatic rings. The van der Waals surface area contributed by atoms with Crippen LogP contribution in [0.1, 0.15) is 68.2 Å². The predicted octanol–water partition coefficient (Wildman–Crippen LogP) is 2.02. The van der Waals surface area contributed by atoms with Crippen molar-refractivity contribution < 1.29 is 23.6 Å². The summed E-state index contributed by atoms with van der Waals surface area (Å²) in [5.41, 5.74) is -0.613. The Kier molecular flexibility index (Phi) is 8.01. The molecule has 0 aromatic carbocycles. The second-order valence-electron chi connectivity index (χ2n) is 11.4. The molecule has 1 atom stereocenters. The number of piperidine rings is 1. The highest BCUT2D eigenvalue weighted by Crippen LogP contribution is 2.36. The Morgan fingerprint density at radius 3 is 2.20 bits per heavy atom. The Labute approximate surface area is 209 Å². The van der Waals surface area contributed by atoms with Crippen LogP contribution in [0.25, 0.3) is 0 Å². The number of carbonyl (C=O) groups is 2. The average molecular weight is 489 g/mol. The van der Waals surface area contributed by atoms with Crippen LogP contribution in [0.2, 0.25) is 0 Å². The molecule has 2 fully saturated rings. The van der Waals surface area contributed by atoms with Gasteiger partial charge in [-0.3, -0.25) is 4.79 Å². The fraction of sp³-hybridized carbons (Fsp3) is 0.750. The third kappa shape index (κ3) is 7.07. The van der Waals surface area contributed by atoms with E-state index in [1.807, 2.05) is 27.7 Å².